The molecule has 2 rings (SSSR count). The number of ether oxygens (including phenoxy) is 1. The van der Waals surface area contributed by atoms with Crippen LogP contribution in [0.4, 0.5) is 13.2 Å². The van der Waals surface area contributed by atoms with Crippen molar-refractivity contribution in [1.82, 2.24) is 4.98 Å². The van der Waals surface area contributed by atoms with Crippen LogP contribution in [0.15, 0.2) is 42.7 Å². The van der Waals surface area contributed by atoms with Gasteiger partial charge in [-0.15, -0.1) is 0 Å². The lowest BCUT2D eigenvalue weighted by Crippen LogP contribution is -2.04. The maximum Gasteiger partial charge on any atom is 0.416 e. The molecule has 1 aromatic heterocycles. The van der Waals surface area contributed by atoms with Crippen molar-refractivity contribution in [3.8, 4) is 16.9 Å². The molecule has 2 nitrogen and oxygen atoms in total. The Hall–Kier alpha value is -2.04. The third-order valence-corrected chi connectivity index (χ3v) is 2.53. The fourth-order valence-electron chi connectivity index (χ4n) is 1.62. The van der Waals surface area contributed by atoms with Gasteiger partial charge in [-0.3, -0.25) is 4.98 Å². The minimum atomic E-state index is -4.32. The molecule has 0 unspecified atom stereocenters. The van der Waals surface area contributed by atoms with E-state index >= 15 is 0 Å². The standard InChI is InChI=1S/C13H10F3NO/c1-18-12-8-17-7-6-11(12)9-2-4-10(5-3-9)13(14,15)16/h2-8H,1H3. The lowest BCUT2D eigenvalue weighted by molar-refractivity contribution is -0.137. The normalized spacial score (nSPS) is 11.3. The Kier molecular flexibility index (Phi) is 3.23. The Morgan fingerprint density at radius 1 is 1.06 bits per heavy atom. The molecule has 0 saturated carbocycles. The van der Waals surface area contributed by atoms with E-state index in [2.05, 4.69) is 4.98 Å². The second kappa shape index (κ2) is 4.68. The molecule has 0 aliphatic carbocycles. The lowest BCUT2D eigenvalue weighted by atomic mass is 10.0. The smallest absolute Gasteiger partial charge is 0.416 e. The van der Waals surface area contributed by atoms with E-state index in [0.29, 0.717) is 16.9 Å². The average Bonchev–Trinajstić information content (AvgIpc) is 2.38. The second-order valence-corrected chi connectivity index (χ2v) is 3.65. The molecule has 0 fully saturated rings. The molecule has 0 bridgehead atoms. The van der Waals surface area contributed by atoms with Gasteiger partial charge in [0.15, 0.2) is 0 Å². The van der Waals surface area contributed by atoms with Gasteiger partial charge in [0.2, 0.25) is 0 Å². The zero-order valence-electron chi connectivity index (χ0n) is 9.53. The zero-order valence-corrected chi connectivity index (χ0v) is 9.53. The summed E-state index contributed by atoms with van der Waals surface area (Å²) in [6.45, 7) is 0. The molecule has 1 aromatic carbocycles. The highest BCUT2D eigenvalue weighted by Gasteiger charge is 2.30. The van der Waals surface area contributed by atoms with Gasteiger partial charge in [0, 0.05) is 11.8 Å². The average molecular weight is 253 g/mol. The first-order chi connectivity index (χ1) is 8.52. The first-order valence-electron chi connectivity index (χ1n) is 5.18. The molecule has 0 atom stereocenters. The third kappa shape index (κ3) is 2.45. The topological polar surface area (TPSA) is 22.1 Å². The van der Waals surface area contributed by atoms with Crippen LogP contribution in [0.25, 0.3) is 11.1 Å². The van der Waals surface area contributed by atoms with Crippen molar-refractivity contribution in [1.29, 1.82) is 0 Å². The first-order valence-corrected chi connectivity index (χ1v) is 5.18. The maximum absolute atomic E-state index is 12.4. The van der Waals surface area contributed by atoms with E-state index < -0.39 is 11.7 Å². The highest BCUT2D eigenvalue weighted by Crippen LogP contribution is 2.33. The quantitative estimate of drug-likeness (QED) is 0.812. The predicted molar refractivity (Wildman–Crippen MR) is 61.2 cm³/mol. The molecule has 0 spiro atoms. The van der Waals surface area contributed by atoms with Crippen molar-refractivity contribution in [2.75, 3.05) is 7.11 Å². The summed E-state index contributed by atoms with van der Waals surface area (Å²) >= 11 is 0. The number of alkyl halides is 3. The molecule has 0 amide bonds. The van der Waals surface area contributed by atoms with Gasteiger partial charge in [-0.05, 0) is 23.8 Å². The van der Waals surface area contributed by atoms with Gasteiger partial charge in [-0.1, -0.05) is 12.1 Å². The molecule has 0 N–H and O–H groups in total. The number of hydrogen-bond acceptors (Lipinski definition) is 2. The summed E-state index contributed by atoms with van der Waals surface area (Å²) in [7, 11) is 1.49. The van der Waals surface area contributed by atoms with Gasteiger partial charge >= 0.3 is 6.18 Å². The van der Waals surface area contributed by atoms with Gasteiger partial charge in [-0.25, -0.2) is 0 Å². The molecule has 2 aromatic rings. The molecule has 18 heavy (non-hydrogen) atoms. The Labute approximate surface area is 102 Å². The van der Waals surface area contributed by atoms with Crippen molar-refractivity contribution in [3.05, 3.63) is 48.3 Å². The fourth-order valence-corrected chi connectivity index (χ4v) is 1.62. The molecule has 0 aliphatic rings. The van der Waals surface area contributed by atoms with E-state index in [1.54, 1.807) is 12.3 Å². The van der Waals surface area contributed by atoms with Crippen molar-refractivity contribution in [2.45, 2.75) is 6.18 Å². The maximum atomic E-state index is 12.4. The summed E-state index contributed by atoms with van der Waals surface area (Å²) in [6.07, 6.45) is -1.23. The van der Waals surface area contributed by atoms with E-state index in [-0.39, 0.29) is 0 Å². The fraction of sp³-hybridized carbons (Fsp3) is 0.154. The number of methoxy groups -OCH3 is 1. The number of hydrogen-bond donors (Lipinski definition) is 0. The number of pyridine rings is 1. The van der Waals surface area contributed by atoms with E-state index in [0.717, 1.165) is 12.1 Å². The molecule has 0 radical (unpaired) electrons. The lowest BCUT2D eigenvalue weighted by Gasteiger charge is -2.10. The zero-order chi connectivity index (χ0) is 13.2. The predicted octanol–water partition coefficient (Wildman–Crippen LogP) is 3.78. The van der Waals surface area contributed by atoms with E-state index in [9.17, 15) is 13.2 Å². The van der Waals surface area contributed by atoms with Gasteiger partial charge < -0.3 is 4.74 Å². The number of rotatable bonds is 2. The molecule has 94 valence electrons. The highest BCUT2D eigenvalue weighted by atomic mass is 19.4. The van der Waals surface area contributed by atoms with E-state index in [4.69, 9.17) is 4.74 Å². The molecule has 0 aliphatic heterocycles. The van der Waals surface area contributed by atoms with E-state index in [1.807, 2.05) is 0 Å². The van der Waals surface area contributed by atoms with Crippen LogP contribution >= 0.6 is 0 Å². The summed E-state index contributed by atoms with van der Waals surface area (Å²) in [6, 6.07) is 6.63. The highest BCUT2D eigenvalue weighted by molar-refractivity contribution is 5.69. The van der Waals surface area contributed by atoms with Crippen LogP contribution in [0.5, 0.6) is 5.75 Å². The van der Waals surface area contributed by atoms with Crippen LogP contribution in [0.2, 0.25) is 0 Å². The molecule has 5 heteroatoms. The minimum absolute atomic E-state index is 0.525. The Bertz CT molecular complexity index is 535. The third-order valence-electron chi connectivity index (χ3n) is 2.53. The molecular weight excluding hydrogens is 243 g/mol. The summed E-state index contributed by atoms with van der Waals surface area (Å²) < 4.78 is 42.4. The van der Waals surface area contributed by atoms with Crippen LogP contribution in [0.3, 0.4) is 0 Å². The Balaban J connectivity index is 2.41. The van der Waals surface area contributed by atoms with Gasteiger partial charge in [0.25, 0.3) is 0 Å². The Morgan fingerprint density at radius 2 is 1.72 bits per heavy atom. The van der Waals surface area contributed by atoms with Crippen LogP contribution < -0.4 is 4.74 Å². The number of nitrogens with zero attached hydrogens (tertiary/aromatic N) is 1. The SMILES string of the molecule is COc1cnccc1-c1ccc(C(F)(F)F)cc1. The van der Waals surface area contributed by atoms with Gasteiger partial charge in [0.1, 0.15) is 5.75 Å². The van der Waals surface area contributed by atoms with Gasteiger partial charge in [-0.2, -0.15) is 13.2 Å². The summed E-state index contributed by atoms with van der Waals surface area (Å²) in [5.41, 5.74) is 0.697. The second-order valence-electron chi connectivity index (χ2n) is 3.65. The summed E-state index contributed by atoms with van der Waals surface area (Å²) in [4.78, 5) is 3.89. The largest absolute Gasteiger partial charge is 0.494 e. The van der Waals surface area contributed by atoms with Crippen LogP contribution in [-0.2, 0) is 6.18 Å². The summed E-state index contributed by atoms with van der Waals surface area (Å²) in [5.74, 6) is 0.525. The number of benzene rings is 1. The van der Waals surface area contributed by atoms with Crippen molar-refractivity contribution in [2.24, 2.45) is 0 Å². The van der Waals surface area contributed by atoms with Crippen molar-refractivity contribution < 1.29 is 17.9 Å². The van der Waals surface area contributed by atoms with Crippen LogP contribution in [-0.4, -0.2) is 12.1 Å². The molecular formula is C13H10F3NO. The minimum Gasteiger partial charge on any atom is -0.494 e. The molecule has 1 heterocycles. The first kappa shape index (κ1) is 12.4. The van der Waals surface area contributed by atoms with Crippen LogP contribution in [0.1, 0.15) is 5.56 Å². The summed E-state index contributed by atoms with van der Waals surface area (Å²) in [5, 5.41) is 0. The van der Waals surface area contributed by atoms with Gasteiger partial charge in [0.05, 0.1) is 18.9 Å². The van der Waals surface area contributed by atoms with Crippen molar-refractivity contribution >= 4 is 0 Å². The Morgan fingerprint density at radius 3 is 2.28 bits per heavy atom. The van der Waals surface area contributed by atoms with E-state index in [1.165, 1.54) is 25.4 Å². The van der Waals surface area contributed by atoms with Crippen molar-refractivity contribution in [3.63, 3.8) is 0 Å². The molecule has 0 saturated heterocycles. The van der Waals surface area contributed by atoms with Crippen LogP contribution in [0, 0.1) is 0 Å². The number of halogens is 3. The monoisotopic (exact) mass is 253 g/mol. The number of aromatic nitrogens is 1.